The van der Waals surface area contributed by atoms with Gasteiger partial charge in [-0.2, -0.15) is 0 Å². The zero-order valence-corrected chi connectivity index (χ0v) is 25.8. The first-order valence-corrected chi connectivity index (χ1v) is 16.5. The molecule has 0 bridgehead atoms. The Morgan fingerprint density at radius 2 is 1.07 bits per heavy atom. The molecule has 0 saturated heterocycles. The number of aromatic nitrogens is 2. The van der Waals surface area contributed by atoms with Gasteiger partial charge in [-0.25, -0.2) is 0 Å². The molecule has 216 valence electrons. The molecule has 0 amide bonds. The largest absolute Gasteiger partial charge is 0.341 e. The summed E-state index contributed by atoms with van der Waals surface area (Å²) in [6, 6.07) is 41.7. The van der Waals surface area contributed by atoms with Crippen molar-refractivity contribution in [2.24, 2.45) is 0 Å². The zero-order chi connectivity index (χ0) is 29.8. The predicted molar refractivity (Wildman–Crippen MR) is 190 cm³/mol. The van der Waals surface area contributed by atoms with E-state index in [4.69, 9.17) is 0 Å². The lowest BCUT2D eigenvalue weighted by Gasteiger charge is -2.09. The van der Waals surface area contributed by atoms with Crippen LogP contribution in [0, 0.1) is 0 Å². The molecule has 0 N–H and O–H groups in total. The molecule has 8 aromatic rings. The summed E-state index contributed by atoms with van der Waals surface area (Å²) in [5.74, 6) is 0. The summed E-state index contributed by atoms with van der Waals surface area (Å²) in [6.45, 7) is 6.47. The molecule has 0 spiro atoms. The van der Waals surface area contributed by atoms with E-state index in [1.54, 1.807) is 0 Å². The van der Waals surface area contributed by atoms with Crippen molar-refractivity contribution in [2.75, 3.05) is 0 Å². The molecule has 0 saturated carbocycles. The average molecular weight is 579 g/mol. The fourth-order valence-electron chi connectivity index (χ4n) is 8.94. The Labute approximate surface area is 263 Å². The first-order chi connectivity index (χ1) is 22.2. The summed E-state index contributed by atoms with van der Waals surface area (Å²) in [5.41, 5.74) is 19.7. The molecule has 0 unspecified atom stereocenters. The number of fused-ring (bicyclic) bond motifs is 14. The maximum Gasteiger partial charge on any atom is 0.0497 e. The van der Waals surface area contributed by atoms with E-state index in [-0.39, 0.29) is 0 Å². The molecular formula is C43H34N2. The number of hydrogen-bond donors (Lipinski definition) is 0. The van der Waals surface area contributed by atoms with E-state index >= 15 is 0 Å². The molecule has 0 fully saturated rings. The van der Waals surface area contributed by atoms with Crippen LogP contribution in [-0.4, -0.2) is 9.13 Å². The Balaban J connectivity index is 1.21. The number of hydrogen-bond acceptors (Lipinski definition) is 0. The summed E-state index contributed by atoms with van der Waals surface area (Å²) < 4.78 is 5.03. The van der Waals surface area contributed by atoms with Gasteiger partial charge < -0.3 is 9.13 Å². The number of rotatable bonds is 4. The summed E-state index contributed by atoms with van der Waals surface area (Å²) in [5, 5.41) is 5.67. The molecular weight excluding hydrogens is 544 g/mol. The molecule has 2 heteroatoms. The van der Waals surface area contributed by atoms with Gasteiger partial charge in [-0.3, -0.25) is 0 Å². The molecule has 2 heterocycles. The van der Waals surface area contributed by atoms with Gasteiger partial charge in [0.1, 0.15) is 0 Å². The molecule has 0 aliphatic heterocycles. The Bertz CT molecular complexity index is 2540. The fraction of sp³-hybridized carbons (Fsp3) is 0.163. The van der Waals surface area contributed by atoms with E-state index in [1.165, 1.54) is 99.2 Å². The Hall–Kier alpha value is -5.08. The highest BCUT2D eigenvalue weighted by Crippen LogP contribution is 2.47. The Kier molecular flexibility index (Phi) is 5.18. The monoisotopic (exact) mass is 578 g/mol. The first-order valence-electron chi connectivity index (χ1n) is 16.5. The summed E-state index contributed by atoms with van der Waals surface area (Å²) in [6.07, 6.45) is 2.96. The van der Waals surface area contributed by atoms with Crippen LogP contribution in [0.15, 0.2) is 109 Å². The molecule has 2 aliphatic carbocycles. The highest BCUT2D eigenvalue weighted by Gasteiger charge is 2.26. The van der Waals surface area contributed by atoms with Crippen LogP contribution in [0.2, 0.25) is 0 Å². The van der Waals surface area contributed by atoms with Crippen molar-refractivity contribution in [1.29, 1.82) is 0 Å². The molecule has 2 nitrogen and oxygen atoms in total. The third-order valence-corrected chi connectivity index (χ3v) is 10.8. The van der Waals surface area contributed by atoms with E-state index in [2.05, 4.69) is 132 Å². The zero-order valence-electron chi connectivity index (χ0n) is 25.8. The van der Waals surface area contributed by atoms with Gasteiger partial charge in [0.05, 0.1) is 0 Å². The van der Waals surface area contributed by atoms with Gasteiger partial charge in [0, 0.05) is 56.7 Å². The summed E-state index contributed by atoms with van der Waals surface area (Å²) in [4.78, 5) is 0. The molecule has 0 radical (unpaired) electrons. The number of nitrogens with zero attached hydrogens (tertiary/aromatic N) is 2. The Morgan fingerprint density at radius 1 is 0.489 bits per heavy atom. The van der Waals surface area contributed by atoms with Crippen LogP contribution in [0.5, 0.6) is 0 Å². The van der Waals surface area contributed by atoms with Gasteiger partial charge in [0.2, 0.25) is 0 Å². The molecule has 0 atom stereocenters. The third kappa shape index (κ3) is 3.35. The van der Waals surface area contributed by atoms with Crippen molar-refractivity contribution in [2.45, 2.75) is 46.2 Å². The van der Waals surface area contributed by atoms with E-state index < -0.39 is 0 Å². The second-order valence-corrected chi connectivity index (χ2v) is 13.0. The highest BCUT2D eigenvalue weighted by molar-refractivity contribution is 6.19. The third-order valence-electron chi connectivity index (χ3n) is 10.8. The highest BCUT2D eigenvalue weighted by atomic mass is 15.0. The lowest BCUT2D eigenvalue weighted by atomic mass is 9.94. The normalized spacial score (nSPS) is 13.2. The van der Waals surface area contributed by atoms with E-state index in [0.717, 1.165) is 32.4 Å². The minimum Gasteiger partial charge on any atom is -0.341 e. The smallest absolute Gasteiger partial charge is 0.0497 e. The maximum atomic E-state index is 2.52. The second kappa shape index (κ2) is 9.22. The second-order valence-electron chi connectivity index (χ2n) is 13.0. The van der Waals surface area contributed by atoms with Gasteiger partial charge in [-0.05, 0) is 119 Å². The van der Waals surface area contributed by atoms with Gasteiger partial charge >= 0.3 is 0 Å². The van der Waals surface area contributed by atoms with Crippen molar-refractivity contribution in [3.63, 3.8) is 0 Å². The van der Waals surface area contributed by atoms with Crippen LogP contribution in [0.3, 0.4) is 0 Å². The van der Waals surface area contributed by atoms with Crippen molar-refractivity contribution < 1.29 is 0 Å². The number of benzene rings is 6. The average Bonchev–Trinajstić information content (AvgIpc) is 3.81. The van der Waals surface area contributed by atoms with Crippen LogP contribution in [0.1, 0.15) is 47.2 Å². The van der Waals surface area contributed by atoms with Crippen LogP contribution in [-0.2, 0) is 32.4 Å². The minimum atomic E-state index is 0.909. The van der Waals surface area contributed by atoms with Gasteiger partial charge in [-0.15, -0.1) is 0 Å². The minimum absolute atomic E-state index is 0.909. The van der Waals surface area contributed by atoms with Crippen LogP contribution in [0.4, 0.5) is 0 Å². The SMILES string of the molecule is CCn1c2ccc(Cc3cccc4c3c3c5c(ccc3n4CC)Cc3ccccc3-5)cc2c2c3c(ccc21)Cc1ccccc1-3. The van der Waals surface area contributed by atoms with Gasteiger partial charge in [-0.1, -0.05) is 78.9 Å². The summed E-state index contributed by atoms with van der Waals surface area (Å²) in [7, 11) is 0. The quantitative estimate of drug-likeness (QED) is 0.197. The topological polar surface area (TPSA) is 9.86 Å². The summed E-state index contributed by atoms with van der Waals surface area (Å²) >= 11 is 0. The molecule has 6 aromatic carbocycles. The molecule has 10 rings (SSSR count). The maximum absolute atomic E-state index is 2.52. The van der Waals surface area contributed by atoms with Crippen molar-refractivity contribution in [3.05, 3.63) is 143 Å². The van der Waals surface area contributed by atoms with E-state index in [9.17, 15) is 0 Å². The molecule has 2 aliphatic rings. The van der Waals surface area contributed by atoms with Gasteiger partial charge in [0.15, 0.2) is 0 Å². The predicted octanol–water partition coefficient (Wildman–Crippen LogP) is 10.7. The fourth-order valence-corrected chi connectivity index (χ4v) is 8.94. The van der Waals surface area contributed by atoms with Gasteiger partial charge in [0.25, 0.3) is 0 Å². The lowest BCUT2D eigenvalue weighted by molar-refractivity contribution is 0.826. The molecule has 45 heavy (non-hydrogen) atoms. The van der Waals surface area contributed by atoms with Crippen molar-refractivity contribution >= 4 is 43.6 Å². The van der Waals surface area contributed by atoms with E-state index in [1.807, 2.05) is 0 Å². The van der Waals surface area contributed by atoms with Crippen molar-refractivity contribution in [1.82, 2.24) is 9.13 Å². The Morgan fingerprint density at radius 3 is 1.76 bits per heavy atom. The van der Waals surface area contributed by atoms with E-state index in [0.29, 0.717) is 0 Å². The lowest BCUT2D eigenvalue weighted by Crippen LogP contribution is -1.95. The van der Waals surface area contributed by atoms with Crippen LogP contribution >= 0.6 is 0 Å². The molecule has 2 aromatic heterocycles. The van der Waals surface area contributed by atoms with Crippen LogP contribution in [0.25, 0.3) is 65.9 Å². The standard InChI is InChI=1S/C43H34N2/c1-3-44-35-19-16-26(23-34(35)42-37(44)20-17-30-24-27-10-5-7-13-32(27)39(30)42)22-29-12-9-15-36-41(29)43-38(45(36)4-2)21-18-31-25-28-11-6-8-14-33(28)40(31)43/h5-21,23H,3-4,22,24-25H2,1-2H3. The first kappa shape index (κ1) is 25.3. The van der Waals surface area contributed by atoms with Crippen LogP contribution < -0.4 is 0 Å². The van der Waals surface area contributed by atoms with Crippen molar-refractivity contribution in [3.8, 4) is 22.3 Å². The number of aryl methyl sites for hydroxylation is 2.